The van der Waals surface area contributed by atoms with Gasteiger partial charge in [-0.3, -0.25) is 4.98 Å². The van der Waals surface area contributed by atoms with Crippen molar-refractivity contribution in [3.05, 3.63) is 30.2 Å². The first kappa shape index (κ1) is 11.5. The van der Waals surface area contributed by atoms with Crippen LogP contribution in [0.25, 0.3) is 11.2 Å². The average molecular weight is 280 g/mol. The summed E-state index contributed by atoms with van der Waals surface area (Å²) in [5, 5.41) is 0. The van der Waals surface area contributed by atoms with E-state index >= 15 is 0 Å². The second-order valence-corrected chi connectivity index (χ2v) is 5.27. The Labute approximate surface area is 103 Å². The molecule has 2 aromatic rings. The topological polar surface area (TPSA) is 38.7 Å². The van der Waals surface area contributed by atoms with Crippen LogP contribution in [0.5, 0.6) is 0 Å². The fourth-order valence-electron chi connectivity index (χ4n) is 1.84. The third-order valence-corrected chi connectivity index (χ3v) is 3.37. The Kier molecular flexibility index (Phi) is 3.49. The molecule has 0 aromatic carbocycles. The van der Waals surface area contributed by atoms with Gasteiger partial charge in [0.2, 0.25) is 0 Å². The highest BCUT2D eigenvalue weighted by molar-refractivity contribution is 9.09. The zero-order valence-corrected chi connectivity index (χ0v) is 11.0. The molecule has 2 unspecified atom stereocenters. The number of aromatic nitrogens is 3. The highest BCUT2D eigenvalue weighted by Gasteiger charge is 2.16. The molecule has 0 bridgehead atoms. The molecule has 16 heavy (non-hydrogen) atoms. The number of pyridine rings is 1. The number of nitrogens with zero attached hydrogens (tertiary/aromatic N) is 3. The van der Waals surface area contributed by atoms with E-state index in [0.29, 0.717) is 10.7 Å². The first-order valence-electron chi connectivity index (χ1n) is 5.44. The summed E-state index contributed by atoms with van der Waals surface area (Å²) in [4.78, 5) is 13.4. The van der Waals surface area contributed by atoms with E-state index in [1.54, 1.807) is 12.4 Å². The minimum atomic E-state index is 0.416. The zero-order chi connectivity index (χ0) is 11.5. The maximum Gasteiger partial charge on any atom is 0.178 e. The minimum Gasteiger partial charge on any atom is -0.251 e. The Balaban J connectivity index is 2.45. The van der Waals surface area contributed by atoms with Gasteiger partial charge in [0.25, 0.3) is 0 Å². The van der Waals surface area contributed by atoms with Crippen LogP contribution >= 0.6 is 15.9 Å². The molecule has 0 amide bonds. The summed E-state index contributed by atoms with van der Waals surface area (Å²) in [5.41, 5.74) is 2.66. The number of fused-ring (bicyclic) bond motifs is 1. The summed E-state index contributed by atoms with van der Waals surface area (Å²) in [6.45, 7) is 4.32. The highest BCUT2D eigenvalue weighted by Crippen LogP contribution is 2.27. The van der Waals surface area contributed by atoms with E-state index in [4.69, 9.17) is 0 Å². The van der Waals surface area contributed by atoms with Crippen molar-refractivity contribution in [1.29, 1.82) is 0 Å². The maximum absolute atomic E-state index is 4.56. The molecule has 3 nitrogen and oxygen atoms in total. The van der Waals surface area contributed by atoms with E-state index < -0.39 is 0 Å². The fraction of sp³-hybridized carbons (Fsp3) is 0.417. The number of rotatable bonds is 3. The van der Waals surface area contributed by atoms with Crippen LogP contribution < -0.4 is 0 Å². The van der Waals surface area contributed by atoms with Gasteiger partial charge in [-0.25, -0.2) is 9.97 Å². The third kappa shape index (κ3) is 2.21. The lowest BCUT2D eigenvalue weighted by molar-refractivity contribution is 0.645. The lowest BCUT2D eigenvalue weighted by Crippen LogP contribution is -2.10. The van der Waals surface area contributed by atoms with E-state index in [0.717, 1.165) is 23.3 Å². The van der Waals surface area contributed by atoms with Crippen LogP contribution in [0.4, 0.5) is 0 Å². The number of alkyl halides is 1. The molecule has 0 aliphatic heterocycles. The molecule has 0 aliphatic carbocycles. The molecule has 0 saturated carbocycles. The quantitative estimate of drug-likeness (QED) is 0.810. The summed E-state index contributed by atoms with van der Waals surface area (Å²) < 4.78 is 0. The molecule has 2 aromatic heterocycles. The van der Waals surface area contributed by atoms with Crippen LogP contribution in [0.1, 0.15) is 31.9 Å². The van der Waals surface area contributed by atoms with Crippen molar-refractivity contribution in [3.8, 4) is 0 Å². The van der Waals surface area contributed by atoms with Gasteiger partial charge in [0.15, 0.2) is 5.65 Å². The number of halogens is 1. The van der Waals surface area contributed by atoms with Gasteiger partial charge in [-0.15, -0.1) is 0 Å². The van der Waals surface area contributed by atoms with Gasteiger partial charge < -0.3 is 0 Å². The van der Waals surface area contributed by atoms with Crippen molar-refractivity contribution in [2.75, 3.05) is 0 Å². The molecule has 0 aliphatic rings. The molecular weight excluding hydrogens is 266 g/mol. The summed E-state index contributed by atoms with van der Waals surface area (Å²) >= 11 is 3.63. The minimum absolute atomic E-state index is 0.416. The maximum atomic E-state index is 4.56. The molecule has 0 radical (unpaired) electrons. The molecule has 2 rings (SSSR count). The largest absolute Gasteiger partial charge is 0.251 e. The summed E-state index contributed by atoms with van der Waals surface area (Å²) in [6.07, 6.45) is 4.43. The fourth-order valence-corrected chi connectivity index (χ4v) is 2.49. The van der Waals surface area contributed by atoms with Gasteiger partial charge in [-0.05, 0) is 18.6 Å². The van der Waals surface area contributed by atoms with Gasteiger partial charge in [0.05, 0.1) is 0 Å². The normalized spacial score (nSPS) is 14.9. The third-order valence-electron chi connectivity index (χ3n) is 2.73. The molecule has 0 fully saturated rings. The molecule has 4 heteroatoms. The predicted octanol–water partition coefficient (Wildman–Crippen LogP) is 3.30. The predicted molar refractivity (Wildman–Crippen MR) is 68.8 cm³/mol. The van der Waals surface area contributed by atoms with Gasteiger partial charge in [0, 0.05) is 28.8 Å². The van der Waals surface area contributed by atoms with Crippen LogP contribution in [0.2, 0.25) is 0 Å². The van der Waals surface area contributed by atoms with Crippen molar-refractivity contribution in [2.45, 2.75) is 31.0 Å². The average Bonchev–Trinajstić information content (AvgIpc) is 2.29. The van der Waals surface area contributed by atoms with Crippen molar-refractivity contribution in [3.63, 3.8) is 0 Å². The van der Waals surface area contributed by atoms with Crippen LogP contribution in [-0.2, 0) is 0 Å². The lowest BCUT2D eigenvalue weighted by atomic mass is 9.99. The Morgan fingerprint density at radius 3 is 2.69 bits per heavy atom. The standard InChI is InChI=1S/C12H14BrN3/c1-3-9(8(2)13)10-4-5-11-12(16-10)15-7-6-14-11/h4-9H,3H2,1-2H3. The first-order chi connectivity index (χ1) is 7.72. The smallest absolute Gasteiger partial charge is 0.178 e. The van der Waals surface area contributed by atoms with Crippen molar-refractivity contribution >= 4 is 27.1 Å². The number of hydrogen-bond donors (Lipinski definition) is 0. The van der Waals surface area contributed by atoms with E-state index in [1.165, 1.54) is 0 Å². The zero-order valence-electron chi connectivity index (χ0n) is 9.39. The van der Waals surface area contributed by atoms with Gasteiger partial charge in [0.1, 0.15) is 5.52 Å². The second-order valence-electron chi connectivity index (χ2n) is 3.83. The van der Waals surface area contributed by atoms with Crippen molar-refractivity contribution in [2.24, 2.45) is 0 Å². The summed E-state index contributed by atoms with van der Waals surface area (Å²) in [7, 11) is 0. The van der Waals surface area contributed by atoms with Crippen LogP contribution in [0, 0.1) is 0 Å². The lowest BCUT2D eigenvalue weighted by Gasteiger charge is -2.16. The first-order valence-corrected chi connectivity index (χ1v) is 6.35. The van der Waals surface area contributed by atoms with Crippen molar-refractivity contribution in [1.82, 2.24) is 15.0 Å². The summed E-state index contributed by atoms with van der Waals surface area (Å²) in [6, 6.07) is 4.03. The monoisotopic (exact) mass is 279 g/mol. The second kappa shape index (κ2) is 4.87. The van der Waals surface area contributed by atoms with Gasteiger partial charge >= 0.3 is 0 Å². The molecule has 0 saturated heterocycles. The molecular formula is C12H14BrN3. The van der Waals surface area contributed by atoms with E-state index in [9.17, 15) is 0 Å². The molecule has 84 valence electrons. The molecule has 2 atom stereocenters. The van der Waals surface area contributed by atoms with Crippen LogP contribution in [-0.4, -0.2) is 19.8 Å². The molecule has 0 spiro atoms. The Bertz CT molecular complexity index is 484. The Morgan fingerprint density at radius 1 is 1.25 bits per heavy atom. The van der Waals surface area contributed by atoms with Crippen LogP contribution in [0.15, 0.2) is 24.5 Å². The highest BCUT2D eigenvalue weighted by atomic mass is 79.9. The molecule has 0 N–H and O–H groups in total. The van der Waals surface area contributed by atoms with E-state index in [2.05, 4.69) is 44.7 Å². The Hall–Kier alpha value is -1.03. The Morgan fingerprint density at radius 2 is 2.00 bits per heavy atom. The van der Waals surface area contributed by atoms with Crippen LogP contribution in [0.3, 0.4) is 0 Å². The van der Waals surface area contributed by atoms with E-state index in [-0.39, 0.29) is 0 Å². The summed E-state index contributed by atoms with van der Waals surface area (Å²) in [5.74, 6) is 0.423. The SMILES string of the molecule is CCC(c1ccc2nccnc2n1)C(C)Br. The molecule has 2 heterocycles. The van der Waals surface area contributed by atoms with Crippen molar-refractivity contribution < 1.29 is 0 Å². The van der Waals surface area contributed by atoms with E-state index in [1.807, 2.05) is 12.1 Å². The van der Waals surface area contributed by atoms with Gasteiger partial charge in [-0.2, -0.15) is 0 Å². The number of hydrogen-bond acceptors (Lipinski definition) is 3. The van der Waals surface area contributed by atoms with Gasteiger partial charge in [-0.1, -0.05) is 29.8 Å².